The van der Waals surface area contributed by atoms with Crippen molar-refractivity contribution in [2.24, 2.45) is 0 Å². The molecule has 0 aromatic heterocycles. The lowest BCUT2D eigenvalue weighted by Crippen LogP contribution is -2.25. The Morgan fingerprint density at radius 3 is 1.23 bits per heavy atom. The second-order valence-electron chi connectivity index (χ2n) is 20.0. The normalized spacial score (nSPS) is 13.7. The molecule has 0 aliphatic heterocycles. The quantitative estimate of drug-likeness (QED) is 0.154. The first kappa shape index (κ1) is 41.2. The van der Waals surface area contributed by atoms with Gasteiger partial charge in [0.05, 0.1) is 5.41 Å². The molecule has 11 aromatic carbocycles. The van der Waals surface area contributed by atoms with E-state index in [4.69, 9.17) is 0 Å². The van der Waals surface area contributed by atoms with Crippen molar-refractivity contribution in [3.8, 4) is 77.9 Å². The van der Waals surface area contributed by atoms with Gasteiger partial charge in [0.2, 0.25) is 0 Å². The van der Waals surface area contributed by atoms with E-state index in [1.807, 2.05) is 0 Å². The third kappa shape index (κ3) is 6.19. The first-order valence-electron chi connectivity index (χ1n) is 24.9. The Kier molecular flexibility index (Phi) is 9.22. The molecule has 71 heavy (non-hydrogen) atoms. The van der Waals surface area contributed by atoms with Crippen molar-refractivity contribution in [2.45, 2.75) is 24.7 Å². The third-order valence-electron chi connectivity index (χ3n) is 15.9. The van der Waals surface area contributed by atoms with Crippen LogP contribution < -0.4 is 4.90 Å². The Hall–Kier alpha value is -8.78. The molecular weight excluding hydrogens is 855 g/mol. The summed E-state index contributed by atoms with van der Waals surface area (Å²) >= 11 is 0. The average molecular weight is 904 g/mol. The maximum absolute atomic E-state index is 2.49. The lowest BCUT2D eigenvalue weighted by molar-refractivity contribution is 0.660. The number of benzene rings is 11. The van der Waals surface area contributed by atoms with Crippen LogP contribution in [0.15, 0.2) is 261 Å². The fraction of sp³-hybridized carbons (Fsp3) is 0.0571. The fourth-order valence-corrected chi connectivity index (χ4v) is 12.6. The monoisotopic (exact) mass is 903 g/mol. The van der Waals surface area contributed by atoms with Crippen LogP contribution in [0.3, 0.4) is 0 Å². The summed E-state index contributed by atoms with van der Waals surface area (Å²) in [5.74, 6) is 0. The van der Waals surface area contributed by atoms with E-state index in [2.05, 4.69) is 280 Å². The van der Waals surface area contributed by atoms with E-state index < -0.39 is 5.41 Å². The van der Waals surface area contributed by atoms with Gasteiger partial charge in [-0.3, -0.25) is 0 Å². The summed E-state index contributed by atoms with van der Waals surface area (Å²) in [6.45, 7) is 4.71. The lowest BCUT2D eigenvalue weighted by Gasteiger charge is -2.31. The van der Waals surface area contributed by atoms with Gasteiger partial charge in [-0.2, -0.15) is 0 Å². The molecule has 0 unspecified atom stereocenters. The van der Waals surface area contributed by atoms with E-state index in [-0.39, 0.29) is 5.41 Å². The zero-order valence-corrected chi connectivity index (χ0v) is 39.8. The predicted octanol–water partition coefficient (Wildman–Crippen LogP) is 18.5. The molecule has 0 amide bonds. The van der Waals surface area contributed by atoms with Gasteiger partial charge in [0, 0.05) is 22.5 Å². The smallest absolute Gasteiger partial charge is 0.0725 e. The Balaban J connectivity index is 0.835. The van der Waals surface area contributed by atoms with Gasteiger partial charge in [0.1, 0.15) is 0 Å². The third-order valence-corrected chi connectivity index (χ3v) is 15.9. The van der Waals surface area contributed by atoms with Gasteiger partial charge in [-0.15, -0.1) is 0 Å². The number of fused-ring (bicyclic) bond motifs is 13. The van der Waals surface area contributed by atoms with Gasteiger partial charge in [0.15, 0.2) is 0 Å². The molecule has 0 fully saturated rings. The number of rotatable bonds is 7. The number of nitrogens with zero attached hydrogens (tertiary/aromatic N) is 1. The van der Waals surface area contributed by atoms with E-state index in [9.17, 15) is 0 Å². The zero-order chi connectivity index (χ0) is 47.3. The Morgan fingerprint density at radius 2 is 0.634 bits per heavy atom. The minimum Gasteiger partial charge on any atom is -0.310 e. The molecule has 3 aliphatic carbocycles. The molecule has 11 aromatic rings. The SMILES string of the molecule is CC1(C)c2ccccc2-c2ccc(N(c3ccc(-c4ccccc4)cc3)c3ccc(-c4ccc(-c5ccc6c(c5)C5(c7ccccc7-c7ccccc75)c5cccc(-c7ccccc7)c5-6)cc4)cc3)cc21. The molecule has 0 N–H and O–H groups in total. The van der Waals surface area contributed by atoms with Crippen molar-refractivity contribution < 1.29 is 0 Å². The van der Waals surface area contributed by atoms with E-state index >= 15 is 0 Å². The van der Waals surface area contributed by atoms with Gasteiger partial charge < -0.3 is 4.90 Å². The van der Waals surface area contributed by atoms with Crippen LogP contribution in [0.25, 0.3) is 77.9 Å². The van der Waals surface area contributed by atoms with Crippen molar-refractivity contribution in [1.29, 1.82) is 0 Å². The number of anilines is 3. The highest BCUT2D eigenvalue weighted by Gasteiger charge is 2.52. The van der Waals surface area contributed by atoms with E-state index in [0.717, 1.165) is 17.1 Å². The minimum absolute atomic E-state index is 0.105. The highest BCUT2D eigenvalue weighted by Crippen LogP contribution is 2.64. The van der Waals surface area contributed by atoms with Gasteiger partial charge in [-0.25, -0.2) is 0 Å². The van der Waals surface area contributed by atoms with Crippen molar-refractivity contribution >= 4 is 17.1 Å². The Labute approximate surface area is 416 Å². The molecule has 334 valence electrons. The zero-order valence-electron chi connectivity index (χ0n) is 39.8. The van der Waals surface area contributed by atoms with Crippen LogP contribution in [0, 0.1) is 0 Å². The second kappa shape index (κ2) is 15.9. The van der Waals surface area contributed by atoms with E-state index in [0.29, 0.717) is 0 Å². The molecule has 0 bridgehead atoms. The van der Waals surface area contributed by atoms with Crippen LogP contribution >= 0.6 is 0 Å². The topological polar surface area (TPSA) is 3.24 Å². The van der Waals surface area contributed by atoms with Crippen LogP contribution in [-0.4, -0.2) is 0 Å². The predicted molar refractivity (Wildman–Crippen MR) is 297 cm³/mol. The van der Waals surface area contributed by atoms with Gasteiger partial charge in [-0.1, -0.05) is 232 Å². The summed E-state index contributed by atoms with van der Waals surface area (Å²) in [4.78, 5) is 2.41. The summed E-state index contributed by atoms with van der Waals surface area (Å²) in [5, 5.41) is 0. The Bertz CT molecular complexity index is 3820. The number of hydrogen-bond donors (Lipinski definition) is 0. The lowest BCUT2D eigenvalue weighted by atomic mass is 9.70. The van der Waals surface area contributed by atoms with Crippen LogP contribution in [0.2, 0.25) is 0 Å². The largest absolute Gasteiger partial charge is 0.310 e. The Morgan fingerprint density at radius 1 is 0.239 bits per heavy atom. The van der Waals surface area contributed by atoms with Crippen molar-refractivity contribution in [1.82, 2.24) is 0 Å². The number of hydrogen-bond acceptors (Lipinski definition) is 1. The van der Waals surface area contributed by atoms with Gasteiger partial charge >= 0.3 is 0 Å². The molecule has 0 heterocycles. The first-order valence-corrected chi connectivity index (χ1v) is 24.9. The van der Waals surface area contributed by atoms with Gasteiger partial charge in [-0.05, 0) is 154 Å². The van der Waals surface area contributed by atoms with Crippen molar-refractivity contribution in [3.05, 3.63) is 294 Å². The average Bonchev–Trinajstić information content (AvgIpc) is 4.00. The molecule has 0 atom stereocenters. The molecule has 3 aliphatic rings. The maximum atomic E-state index is 2.49. The maximum Gasteiger partial charge on any atom is 0.0725 e. The molecule has 1 nitrogen and oxygen atoms in total. The molecular formula is C70H49N. The molecule has 14 rings (SSSR count). The summed E-state index contributed by atoms with van der Waals surface area (Å²) in [6, 6.07) is 97.0. The fourth-order valence-electron chi connectivity index (χ4n) is 12.6. The van der Waals surface area contributed by atoms with Crippen LogP contribution in [-0.2, 0) is 10.8 Å². The van der Waals surface area contributed by atoms with E-state index in [1.54, 1.807) is 0 Å². The standard InChI is InChI=1S/C70H49N/c1-69(2)62-24-12-9-20-57(62)60-43-41-55(45-66(60)69)71(53-37-32-48(33-38-53)46-16-5-3-6-17-46)54-39-34-49(35-40-54)47-28-30-50(31-29-47)52-36-42-61-67(44-52)70(63-25-13-10-21-58(63)59-22-11-14-26-64(59)70)65-27-15-23-56(68(61)65)51-18-7-4-8-19-51/h3-45H,1-2H3. The van der Waals surface area contributed by atoms with Crippen LogP contribution in [0.4, 0.5) is 17.1 Å². The first-order chi connectivity index (χ1) is 35.0. The summed E-state index contributed by atoms with van der Waals surface area (Å²) in [6.07, 6.45) is 0. The van der Waals surface area contributed by atoms with Crippen molar-refractivity contribution in [2.75, 3.05) is 4.90 Å². The summed E-state index contributed by atoms with van der Waals surface area (Å²) in [5.41, 5.74) is 28.7. The van der Waals surface area contributed by atoms with Crippen molar-refractivity contribution in [3.63, 3.8) is 0 Å². The minimum atomic E-state index is -0.431. The molecule has 0 radical (unpaired) electrons. The van der Waals surface area contributed by atoms with Crippen LogP contribution in [0.5, 0.6) is 0 Å². The molecule has 1 heteroatoms. The summed E-state index contributed by atoms with van der Waals surface area (Å²) in [7, 11) is 0. The summed E-state index contributed by atoms with van der Waals surface area (Å²) < 4.78 is 0. The molecule has 0 saturated heterocycles. The highest BCUT2D eigenvalue weighted by molar-refractivity contribution is 6.01. The van der Waals surface area contributed by atoms with Crippen LogP contribution in [0.1, 0.15) is 47.2 Å². The molecule has 1 spiro atoms. The highest BCUT2D eigenvalue weighted by atomic mass is 15.1. The second-order valence-corrected chi connectivity index (χ2v) is 20.0. The van der Waals surface area contributed by atoms with Gasteiger partial charge in [0.25, 0.3) is 0 Å². The molecule has 0 saturated carbocycles. The van der Waals surface area contributed by atoms with E-state index in [1.165, 1.54) is 111 Å².